The van der Waals surface area contributed by atoms with Crippen LogP contribution in [0.4, 0.5) is 5.69 Å². The van der Waals surface area contributed by atoms with Gasteiger partial charge in [0.2, 0.25) is 11.5 Å². The molecule has 3 aromatic carbocycles. The molecule has 0 saturated carbocycles. The first-order chi connectivity index (χ1) is 17.4. The van der Waals surface area contributed by atoms with Gasteiger partial charge in [-0.05, 0) is 54.4 Å². The van der Waals surface area contributed by atoms with Crippen LogP contribution in [0.2, 0.25) is 5.02 Å². The van der Waals surface area contributed by atoms with E-state index < -0.39 is 17.2 Å². The van der Waals surface area contributed by atoms with E-state index in [0.717, 1.165) is 15.7 Å². The van der Waals surface area contributed by atoms with Crippen molar-refractivity contribution in [3.05, 3.63) is 104 Å². The number of hydrogen-bond donors (Lipinski definition) is 1. The number of amides is 1. The fourth-order valence-corrected chi connectivity index (χ4v) is 4.33. The van der Waals surface area contributed by atoms with Gasteiger partial charge in [0.1, 0.15) is 23.4 Å². The number of carbonyl (C=O) groups is 1. The molecule has 0 unspecified atom stereocenters. The Bertz CT molecular complexity index is 1730. The lowest BCUT2D eigenvalue weighted by molar-refractivity contribution is -0.116. The van der Waals surface area contributed by atoms with E-state index in [4.69, 9.17) is 20.8 Å². The Morgan fingerprint density at radius 1 is 1.03 bits per heavy atom. The predicted molar refractivity (Wildman–Crippen MR) is 139 cm³/mol. The summed E-state index contributed by atoms with van der Waals surface area (Å²) < 4.78 is 13.4. The van der Waals surface area contributed by atoms with Gasteiger partial charge in [-0.2, -0.15) is 0 Å². The van der Waals surface area contributed by atoms with Gasteiger partial charge in [-0.25, -0.2) is 4.79 Å². The van der Waals surface area contributed by atoms with E-state index in [0.29, 0.717) is 27.4 Å². The number of halogens is 1. The summed E-state index contributed by atoms with van der Waals surface area (Å²) in [5, 5.41) is 3.86. The highest BCUT2D eigenvalue weighted by molar-refractivity contribution is 6.31. The Morgan fingerprint density at radius 3 is 2.53 bits per heavy atom. The average Bonchev–Trinajstić information content (AvgIpc) is 3.27. The molecule has 5 aromatic rings. The lowest BCUT2D eigenvalue weighted by Gasteiger charge is -2.13. The fraction of sp³-hybridized carbons (Fsp3) is 0.148. The van der Waals surface area contributed by atoms with E-state index in [1.54, 1.807) is 73.8 Å². The third kappa shape index (κ3) is 4.27. The maximum Gasteiger partial charge on any atom is 0.332 e. The summed E-state index contributed by atoms with van der Waals surface area (Å²) in [6.45, 7) is 1.52. The smallest absolute Gasteiger partial charge is 0.332 e. The van der Waals surface area contributed by atoms with E-state index >= 15 is 0 Å². The molecule has 0 bridgehead atoms. The molecule has 5 rings (SSSR count). The van der Waals surface area contributed by atoms with Gasteiger partial charge in [0, 0.05) is 16.1 Å². The topological polar surface area (TPSA) is 95.5 Å². The summed E-state index contributed by atoms with van der Waals surface area (Å²) in [4.78, 5) is 40.1. The van der Waals surface area contributed by atoms with Gasteiger partial charge in [-0.1, -0.05) is 41.9 Å². The molecule has 0 aliphatic carbocycles. The number of benzene rings is 3. The third-order valence-corrected chi connectivity index (χ3v) is 6.25. The van der Waals surface area contributed by atoms with E-state index in [1.807, 2.05) is 6.92 Å². The number of ether oxygens (including phenoxy) is 1. The minimum atomic E-state index is -0.618. The Hall–Kier alpha value is -4.30. The Kier molecular flexibility index (Phi) is 6.12. The second-order valence-corrected chi connectivity index (χ2v) is 8.83. The first-order valence-electron chi connectivity index (χ1n) is 11.2. The zero-order valence-corrected chi connectivity index (χ0v) is 20.3. The molecule has 0 saturated heterocycles. The van der Waals surface area contributed by atoms with E-state index in [1.165, 1.54) is 4.57 Å². The monoisotopic (exact) mass is 503 g/mol. The molecule has 0 aliphatic heterocycles. The summed E-state index contributed by atoms with van der Waals surface area (Å²) >= 11 is 6.08. The third-order valence-electron chi connectivity index (χ3n) is 6.02. The van der Waals surface area contributed by atoms with Gasteiger partial charge in [-0.15, -0.1) is 0 Å². The standard InChI is InChI=1S/C27H22ClN3O5/c1-16-7-10-18(28)13-21(16)29-23(32)15-30-24-20-5-3-4-6-22(20)36-25(24)26(33)31(27(30)34)14-17-8-11-19(35-2)12-9-17/h3-13H,14-15H2,1-2H3,(H,29,32). The predicted octanol–water partition coefficient (Wildman–Crippen LogP) is 4.57. The Balaban J connectivity index is 1.63. The summed E-state index contributed by atoms with van der Waals surface area (Å²) in [5.74, 6) is 0.216. The quantitative estimate of drug-likeness (QED) is 0.366. The van der Waals surface area contributed by atoms with Gasteiger partial charge < -0.3 is 14.5 Å². The molecule has 182 valence electrons. The molecule has 9 heteroatoms. The summed E-state index contributed by atoms with van der Waals surface area (Å²) in [6.07, 6.45) is 0. The number of aryl methyl sites for hydroxylation is 1. The number of fused-ring (bicyclic) bond motifs is 3. The molecule has 8 nitrogen and oxygen atoms in total. The number of hydrogen-bond acceptors (Lipinski definition) is 5. The molecule has 1 amide bonds. The highest BCUT2D eigenvalue weighted by Gasteiger charge is 2.21. The normalized spacial score (nSPS) is 11.2. The van der Waals surface area contributed by atoms with Crippen LogP contribution < -0.4 is 21.3 Å². The lowest BCUT2D eigenvalue weighted by Crippen LogP contribution is -2.41. The van der Waals surface area contributed by atoms with Crippen molar-refractivity contribution >= 4 is 45.3 Å². The SMILES string of the molecule is COc1ccc(Cn2c(=O)c3oc4ccccc4c3n(CC(=O)Nc3cc(Cl)ccc3C)c2=O)cc1. The lowest BCUT2D eigenvalue weighted by atomic mass is 10.2. The number of aromatic nitrogens is 2. The van der Waals surface area contributed by atoms with Crippen molar-refractivity contribution in [2.24, 2.45) is 0 Å². The van der Waals surface area contributed by atoms with Crippen LogP contribution in [0.3, 0.4) is 0 Å². The van der Waals surface area contributed by atoms with Gasteiger partial charge in [0.05, 0.1) is 13.7 Å². The van der Waals surface area contributed by atoms with Crippen LogP contribution >= 0.6 is 11.6 Å². The Labute approximate surface area is 210 Å². The molecule has 0 aliphatic rings. The molecule has 0 atom stereocenters. The molecular weight excluding hydrogens is 482 g/mol. The molecule has 2 heterocycles. The number of rotatable bonds is 6. The van der Waals surface area contributed by atoms with E-state index in [2.05, 4.69) is 5.32 Å². The van der Waals surface area contributed by atoms with Crippen LogP contribution in [0.1, 0.15) is 11.1 Å². The largest absolute Gasteiger partial charge is 0.497 e. The van der Waals surface area contributed by atoms with Crippen molar-refractivity contribution in [3.8, 4) is 5.75 Å². The first kappa shape index (κ1) is 23.4. The second kappa shape index (κ2) is 9.39. The maximum absolute atomic E-state index is 13.6. The Morgan fingerprint density at radius 2 is 1.78 bits per heavy atom. The van der Waals surface area contributed by atoms with Crippen molar-refractivity contribution in [2.75, 3.05) is 12.4 Å². The molecule has 0 spiro atoms. The van der Waals surface area contributed by atoms with Crippen molar-refractivity contribution in [2.45, 2.75) is 20.0 Å². The second-order valence-electron chi connectivity index (χ2n) is 8.39. The number of methoxy groups -OCH3 is 1. The number of anilines is 1. The number of carbonyl (C=O) groups excluding carboxylic acids is 1. The number of nitrogens with zero attached hydrogens (tertiary/aromatic N) is 2. The van der Waals surface area contributed by atoms with E-state index in [-0.39, 0.29) is 24.2 Å². The molecule has 1 N–H and O–H groups in total. The van der Waals surface area contributed by atoms with Crippen LogP contribution in [0, 0.1) is 6.92 Å². The summed E-state index contributed by atoms with van der Waals surface area (Å²) in [7, 11) is 1.56. The molecule has 0 fully saturated rings. The van der Waals surface area contributed by atoms with Crippen LogP contribution in [0.15, 0.2) is 80.7 Å². The first-order valence-corrected chi connectivity index (χ1v) is 11.6. The van der Waals surface area contributed by atoms with Crippen molar-refractivity contribution < 1.29 is 13.9 Å². The van der Waals surface area contributed by atoms with E-state index in [9.17, 15) is 14.4 Å². The zero-order valence-electron chi connectivity index (χ0n) is 19.6. The maximum atomic E-state index is 13.6. The molecule has 2 aromatic heterocycles. The van der Waals surface area contributed by atoms with Crippen molar-refractivity contribution in [1.82, 2.24) is 9.13 Å². The van der Waals surface area contributed by atoms with Gasteiger partial charge in [-0.3, -0.25) is 18.7 Å². The van der Waals surface area contributed by atoms with Crippen LogP contribution in [0.5, 0.6) is 5.75 Å². The number of nitrogens with one attached hydrogen (secondary N) is 1. The average molecular weight is 504 g/mol. The highest BCUT2D eigenvalue weighted by Crippen LogP contribution is 2.26. The minimum Gasteiger partial charge on any atom is -0.497 e. The van der Waals surface area contributed by atoms with Crippen molar-refractivity contribution in [1.29, 1.82) is 0 Å². The molecular formula is C27H22ClN3O5. The van der Waals surface area contributed by atoms with Crippen LogP contribution in [0.25, 0.3) is 22.1 Å². The number of para-hydroxylation sites is 1. The van der Waals surface area contributed by atoms with Gasteiger partial charge >= 0.3 is 5.69 Å². The van der Waals surface area contributed by atoms with Crippen LogP contribution in [-0.2, 0) is 17.9 Å². The number of furan rings is 1. The van der Waals surface area contributed by atoms with Gasteiger partial charge in [0.15, 0.2) is 0 Å². The van der Waals surface area contributed by atoms with Crippen LogP contribution in [-0.4, -0.2) is 22.2 Å². The highest BCUT2D eigenvalue weighted by atomic mass is 35.5. The summed E-state index contributed by atoms with van der Waals surface area (Å²) in [5.41, 5.74) is 1.64. The molecule has 0 radical (unpaired) electrons. The minimum absolute atomic E-state index is 0.00364. The fourth-order valence-electron chi connectivity index (χ4n) is 4.16. The summed E-state index contributed by atoms with van der Waals surface area (Å²) in [6, 6.07) is 19.2. The van der Waals surface area contributed by atoms with Crippen molar-refractivity contribution in [3.63, 3.8) is 0 Å². The zero-order chi connectivity index (χ0) is 25.4. The molecule has 36 heavy (non-hydrogen) atoms. The van der Waals surface area contributed by atoms with Gasteiger partial charge in [0.25, 0.3) is 5.56 Å².